The van der Waals surface area contributed by atoms with E-state index in [9.17, 15) is 9.59 Å². The standard InChI is InChI=1S/C25H29ClN4O2.C2H2O4/c26-23-7-5-20(6-8-23)3-4-21-9-12-29(13-10-21)24(31)19-28-14-16-30(17-15-28)25(32)22-2-1-11-27-18-22;3-1(4)2(5)6/h1-8,11,18,21H,9-10,12-17,19H2;(H,3,4)(H,5,6). The SMILES string of the molecule is O=C(CN1CCN(C(=O)c2cccnc2)CC1)N1CCC(C=Cc2ccc(Cl)cc2)CC1.O=C(O)C(=O)O. The number of likely N-dealkylation sites (tertiary alicyclic amines) is 1. The number of nitrogens with zero attached hydrogens (tertiary/aromatic N) is 4. The van der Waals surface area contributed by atoms with Crippen LogP contribution in [0.4, 0.5) is 0 Å². The zero-order valence-corrected chi connectivity index (χ0v) is 21.7. The number of allylic oxidation sites excluding steroid dienone is 1. The molecular weight excluding hydrogens is 512 g/mol. The molecule has 2 aliphatic rings. The number of piperidine rings is 1. The van der Waals surface area contributed by atoms with Crippen LogP contribution < -0.4 is 0 Å². The van der Waals surface area contributed by atoms with Crippen molar-refractivity contribution in [1.29, 1.82) is 0 Å². The Balaban J connectivity index is 0.000000599. The quantitative estimate of drug-likeness (QED) is 0.551. The molecule has 2 aromatic rings. The van der Waals surface area contributed by atoms with E-state index in [2.05, 4.69) is 22.0 Å². The van der Waals surface area contributed by atoms with Gasteiger partial charge in [0.25, 0.3) is 5.91 Å². The van der Waals surface area contributed by atoms with Crippen LogP contribution in [0.2, 0.25) is 5.02 Å². The van der Waals surface area contributed by atoms with Gasteiger partial charge in [-0.15, -0.1) is 0 Å². The zero-order chi connectivity index (χ0) is 27.5. The second kappa shape index (κ2) is 14.3. The van der Waals surface area contributed by atoms with Crippen molar-refractivity contribution in [2.24, 2.45) is 5.92 Å². The first-order valence-electron chi connectivity index (χ1n) is 12.3. The molecule has 2 aliphatic heterocycles. The Bertz CT molecular complexity index is 1110. The van der Waals surface area contributed by atoms with E-state index in [-0.39, 0.29) is 11.8 Å². The third kappa shape index (κ3) is 8.97. The summed E-state index contributed by atoms with van der Waals surface area (Å²) < 4.78 is 0. The van der Waals surface area contributed by atoms with Crippen LogP contribution >= 0.6 is 11.6 Å². The predicted octanol–water partition coefficient (Wildman–Crippen LogP) is 2.60. The van der Waals surface area contributed by atoms with Gasteiger partial charge in [0.2, 0.25) is 5.91 Å². The van der Waals surface area contributed by atoms with E-state index < -0.39 is 11.9 Å². The summed E-state index contributed by atoms with van der Waals surface area (Å²) in [5.74, 6) is -2.95. The molecule has 2 amide bonds. The van der Waals surface area contributed by atoms with Gasteiger partial charge in [0.05, 0.1) is 12.1 Å². The summed E-state index contributed by atoms with van der Waals surface area (Å²) in [5.41, 5.74) is 1.76. The summed E-state index contributed by atoms with van der Waals surface area (Å²) in [7, 11) is 0. The molecule has 1 aromatic carbocycles. The highest BCUT2D eigenvalue weighted by atomic mass is 35.5. The molecule has 1 aromatic heterocycles. The minimum absolute atomic E-state index is 0.0119. The highest BCUT2D eigenvalue weighted by Crippen LogP contribution is 2.21. The predicted molar refractivity (Wildman–Crippen MR) is 142 cm³/mol. The number of hydrogen-bond donors (Lipinski definition) is 2. The first kappa shape index (κ1) is 28.8. The summed E-state index contributed by atoms with van der Waals surface area (Å²) >= 11 is 5.94. The molecule has 0 aliphatic carbocycles. The van der Waals surface area contributed by atoms with Crippen molar-refractivity contribution in [1.82, 2.24) is 19.7 Å². The van der Waals surface area contributed by atoms with Gasteiger partial charge in [-0.05, 0) is 48.6 Å². The molecule has 38 heavy (non-hydrogen) atoms. The molecule has 0 saturated carbocycles. The molecular formula is C27H31ClN4O6. The Morgan fingerprint density at radius 2 is 1.53 bits per heavy atom. The van der Waals surface area contributed by atoms with Crippen LogP contribution in [0.5, 0.6) is 0 Å². The lowest BCUT2D eigenvalue weighted by Gasteiger charge is -2.36. The molecule has 11 heteroatoms. The fourth-order valence-corrected chi connectivity index (χ4v) is 4.36. The topological polar surface area (TPSA) is 131 Å². The number of aliphatic carboxylic acids is 2. The summed E-state index contributed by atoms with van der Waals surface area (Å²) in [5, 5.41) is 15.5. The van der Waals surface area contributed by atoms with Crippen LogP contribution in [0.15, 0.2) is 54.9 Å². The maximum absolute atomic E-state index is 12.8. The third-order valence-corrected chi connectivity index (χ3v) is 6.68. The van der Waals surface area contributed by atoms with E-state index in [0.717, 1.165) is 49.6 Å². The number of halogens is 1. The number of carbonyl (C=O) groups excluding carboxylic acids is 2. The van der Waals surface area contributed by atoms with Crippen LogP contribution in [-0.2, 0) is 14.4 Å². The van der Waals surface area contributed by atoms with Crippen LogP contribution in [0.1, 0.15) is 28.8 Å². The summed E-state index contributed by atoms with van der Waals surface area (Å²) in [6.07, 6.45) is 9.65. The minimum Gasteiger partial charge on any atom is -0.473 e. The van der Waals surface area contributed by atoms with E-state index in [0.29, 0.717) is 31.1 Å². The number of aromatic nitrogens is 1. The fourth-order valence-electron chi connectivity index (χ4n) is 4.23. The molecule has 0 spiro atoms. The average Bonchev–Trinajstić information content (AvgIpc) is 2.94. The lowest BCUT2D eigenvalue weighted by Crippen LogP contribution is -2.52. The van der Waals surface area contributed by atoms with Gasteiger partial charge >= 0.3 is 11.9 Å². The number of pyridine rings is 1. The number of hydrogen-bond acceptors (Lipinski definition) is 6. The number of piperazine rings is 1. The van der Waals surface area contributed by atoms with Crippen molar-refractivity contribution in [3.63, 3.8) is 0 Å². The van der Waals surface area contributed by atoms with Crippen LogP contribution in [0, 0.1) is 5.92 Å². The Morgan fingerprint density at radius 1 is 0.895 bits per heavy atom. The van der Waals surface area contributed by atoms with E-state index >= 15 is 0 Å². The van der Waals surface area contributed by atoms with E-state index in [1.54, 1.807) is 24.5 Å². The Hall–Kier alpha value is -3.76. The maximum Gasteiger partial charge on any atom is 0.414 e. The smallest absolute Gasteiger partial charge is 0.414 e. The number of rotatable bonds is 5. The average molecular weight is 543 g/mol. The highest BCUT2D eigenvalue weighted by molar-refractivity contribution is 6.30. The number of amides is 2. The lowest BCUT2D eigenvalue weighted by molar-refractivity contribution is -0.159. The van der Waals surface area contributed by atoms with Gasteiger partial charge in [-0.2, -0.15) is 0 Å². The third-order valence-electron chi connectivity index (χ3n) is 6.43. The van der Waals surface area contributed by atoms with E-state index in [4.69, 9.17) is 31.4 Å². The van der Waals surface area contributed by atoms with Gasteiger partial charge < -0.3 is 20.0 Å². The summed E-state index contributed by atoms with van der Waals surface area (Å²) in [6, 6.07) is 11.4. The molecule has 10 nitrogen and oxygen atoms in total. The van der Waals surface area contributed by atoms with Crippen molar-refractivity contribution >= 4 is 41.4 Å². The van der Waals surface area contributed by atoms with Gasteiger partial charge in [0.1, 0.15) is 0 Å². The summed E-state index contributed by atoms with van der Waals surface area (Å²) in [4.78, 5) is 53.5. The maximum atomic E-state index is 12.8. The summed E-state index contributed by atoms with van der Waals surface area (Å²) in [6.45, 7) is 4.75. The molecule has 202 valence electrons. The van der Waals surface area contributed by atoms with E-state index in [1.165, 1.54) is 0 Å². The first-order chi connectivity index (χ1) is 18.2. The van der Waals surface area contributed by atoms with Gasteiger partial charge in [-0.25, -0.2) is 9.59 Å². The van der Waals surface area contributed by atoms with Crippen molar-refractivity contribution in [3.05, 3.63) is 71.0 Å². The molecule has 3 heterocycles. The fraction of sp³-hybridized carbons (Fsp3) is 0.370. The molecule has 4 rings (SSSR count). The second-order valence-electron chi connectivity index (χ2n) is 9.05. The number of carboxylic acid groups (broad SMARTS) is 2. The Kier molecular flexibility index (Phi) is 10.8. The van der Waals surface area contributed by atoms with Crippen molar-refractivity contribution < 1.29 is 29.4 Å². The van der Waals surface area contributed by atoms with Gasteiger partial charge in [-0.1, -0.05) is 35.9 Å². The number of carbonyl (C=O) groups is 4. The molecule has 0 radical (unpaired) electrons. The Labute approximate surface area is 226 Å². The molecule has 0 unspecified atom stereocenters. The van der Waals surface area contributed by atoms with Crippen LogP contribution in [0.25, 0.3) is 6.08 Å². The Morgan fingerprint density at radius 3 is 2.08 bits per heavy atom. The molecule has 2 fully saturated rings. The number of benzene rings is 1. The molecule has 2 N–H and O–H groups in total. The zero-order valence-electron chi connectivity index (χ0n) is 20.9. The van der Waals surface area contributed by atoms with Crippen molar-refractivity contribution in [3.8, 4) is 0 Å². The number of carboxylic acids is 2. The molecule has 2 saturated heterocycles. The largest absolute Gasteiger partial charge is 0.473 e. The van der Waals surface area contributed by atoms with Crippen LogP contribution in [-0.4, -0.2) is 99.5 Å². The first-order valence-corrected chi connectivity index (χ1v) is 12.7. The highest BCUT2D eigenvalue weighted by Gasteiger charge is 2.26. The van der Waals surface area contributed by atoms with Crippen molar-refractivity contribution in [2.75, 3.05) is 45.8 Å². The van der Waals surface area contributed by atoms with E-state index in [1.807, 2.05) is 34.1 Å². The minimum atomic E-state index is -1.82. The lowest BCUT2D eigenvalue weighted by atomic mass is 9.95. The van der Waals surface area contributed by atoms with Gasteiger partial charge in [-0.3, -0.25) is 19.5 Å². The molecule has 0 atom stereocenters. The van der Waals surface area contributed by atoms with Crippen molar-refractivity contribution in [2.45, 2.75) is 12.8 Å². The van der Waals surface area contributed by atoms with Crippen LogP contribution in [0.3, 0.4) is 0 Å². The van der Waals surface area contributed by atoms with Gasteiger partial charge in [0.15, 0.2) is 0 Å². The monoisotopic (exact) mass is 542 g/mol. The van der Waals surface area contributed by atoms with Gasteiger partial charge in [0, 0.05) is 56.7 Å². The second-order valence-corrected chi connectivity index (χ2v) is 9.49. The molecule has 0 bridgehead atoms. The normalized spacial score (nSPS) is 16.6.